The maximum Gasteiger partial charge on any atom is 0.262 e. The van der Waals surface area contributed by atoms with Crippen LogP contribution < -0.4 is 10.9 Å². The number of rotatable bonds is 2. The second-order valence-electron chi connectivity index (χ2n) is 6.23. The molecule has 0 radical (unpaired) electrons. The quantitative estimate of drug-likeness (QED) is 0.857. The van der Waals surface area contributed by atoms with E-state index in [4.69, 9.17) is 0 Å². The fraction of sp³-hybridized carbons (Fsp3) is 0.412. The van der Waals surface area contributed by atoms with E-state index in [1.54, 1.807) is 6.92 Å². The molecule has 6 nitrogen and oxygen atoms in total. The molecule has 3 rings (SSSR count). The summed E-state index contributed by atoms with van der Waals surface area (Å²) in [5, 5.41) is 2.80. The summed E-state index contributed by atoms with van der Waals surface area (Å²) >= 11 is 0. The third-order valence-electron chi connectivity index (χ3n) is 4.29. The minimum atomic E-state index is -0.681. The van der Waals surface area contributed by atoms with E-state index < -0.39 is 11.9 Å². The van der Waals surface area contributed by atoms with Crippen molar-refractivity contribution in [3.8, 4) is 0 Å². The molecule has 0 aliphatic carbocycles. The smallest absolute Gasteiger partial charge is 0.262 e. The molecule has 6 heteroatoms. The van der Waals surface area contributed by atoms with Crippen molar-refractivity contribution < 1.29 is 9.59 Å². The van der Waals surface area contributed by atoms with E-state index in [1.165, 1.54) is 4.57 Å². The first-order chi connectivity index (χ1) is 10.9. The number of carbonyl (C=O) groups excluding carboxylic acids is 2. The molecule has 1 saturated heterocycles. The van der Waals surface area contributed by atoms with Gasteiger partial charge in [-0.05, 0) is 37.0 Å². The summed E-state index contributed by atoms with van der Waals surface area (Å²) in [6.07, 6.45) is 0.550. The Hall–Kier alpha value is -2.50. The lowest BCUT2D eigenvalue weighted by Crippen LogP contribution is -2.45. The maximum absolute atomic E-state index is 12.9. The normalized spacial score (nSPS) is 18.5. The molecule has 1 aromatic heterocycles. The number of nitrogens with one attached hydrogen (secondary N) is 1. The first-order valence-corrected chi connectivity index (χ1v) is 7.75. The van der Waals surface area contributed by atoms with E-state index in [-0.39, 0.29) is 17.9 Å². The highest BCUT2D eigenvalue weighted by molar-refractivity contribution is 5.99. The fourth-order valence-corrected chi connectivity index (χ4v) is 2.98. The molecule has 1 aliphatic rings. The van der Waals surface area contributed by atoms with Gasteiger partial charge in [0, 0.05) is 6.42 Å². The van der Waals surface area contributed by atoms with E-state index in [9.17, 15) is 14.4 Å². The van der Waals surface area contributed by atoms with E-state index in [0.717, 1.165) is 5.56 Å². The van der Waals surface area contributed by atoms with E-state index in [2.05, 4.69) is 24.1 Å². The summed E-state index contributed by atoms with van der Waals surface area (Å²) in [6.45, 7) is 5.82. The Bertz CT molecular complexity index is 867. The molecular weight excluding hydrogens is 294 g/mol. The Morgan fingerprint density at radius 3 is 2.65 bits per heavy atom. The minimum absolute atomic E-state index is 0.229. The largest absolute Gasteiger partial charge is 0.295 e. The van der Waals surface area contributed by atoms with Crippen LogP contribution in [0.2, 0.25) is 0 Å². The van der Waals surface area contributed by atoms with E-state index >= 15 is 0 Å². The number of nitrogens with zero attached hydrogens (tertiary/aromatic N) is 2. The highest BCUT2D eigenvalue weighted by atomic mass is 16.2. The highest BCUT2D eigenvalue weighted by Gasteiger charge is 2.30. The third kappa shape index (κ3) is 2.65. The van der Waals surface area contributed by atoms with Crippen molar-refractivity contribution in [3.63, 3.8) is 0 Å². The molecule has 2 amide bonds. The number of imide groups is 1. The third-order valence-corrected chi connectivity index (χ3v) is 4.29. The SMILES string of the molecule is Cc1nc2ccc(C(C)C)cc2c(=O)n1C1CCC(=O)NC1=O. The highest BCUT2D eigenvalue weighted by Crippen LogP contribution is 2.22. The first kappa shape index (κ1) is 15.4. The molecule has 1 aliphatic heterocycles. The summed E-state index contributed by atoms with van der Waals surface area (Å²) in [5.74, 6) is 0.0406. The lowest BCUT2D eigenvalue weighted by molar-refractivity contribution is -0.135. The van der Waals surface area contributed by atoms with Crippen molar-refractivity contribution in [3.05, 3.63) is 39.9 Å². The Morgan fingerprint density at radius 2 is 2.00 bits per heavy atom. The Kier molecular flexibility index (Phi) is 3.75. The molecule has 2 aromatic rings. The van der Waals surface area contributed by atoms with Gasteiger partial charge in [-0.3, -0.25) is 24.3 Å². The maximum atomic E-state index is 12.9. The number of hydrogen-bond acceptors (Lipinski definition) is 4. The number of amides is 2. The van der Waals surface area contributed by atoms with Gasteiger partial charge in [0.2, 0.25) is 11.8 Å². The standard InChI is InChI=1S/C17H19N3O3/c1-9(2)11-4-5-13-12(8-11)17(23)20(10(3)18-13)14-6-7-15(21)19-16(14)22/h4-5,8-9,14H,6-7H2,1-3H3,(H,19,21,22). The molecule has 120 valence electrons. The number of benzene rings is 1. The van der Waals surface area contributed by atoms with Crippen LogP contribution in [0.1, 0.15) is 50.0 Å². The summed E-state index contributed by atoms with van der Waals surface area (Å²) in [5.41, 5.74) is 1.44. The zero-order chi connectivity index (χ0) is 16.7. The molecule has 2 heterocycles. The number of aryl methyl sites for hydroxylation is 1. The second kappa shape index (κ2) is 5.61. The van der Waals surface area contributed by atoms with Crippen LogP contribution in [0.3, 0.4) is 0 Å². The summed E-state index contributed by atoms with van der Waals surface area (Å²) in [4.78, 5) is 40.8. The number of fused-ring (bicyclic) bond motifs is 1. The van der Waals surface area contributed by atoms with Crippen molar-refractivity contribution in [1.29, 1.82) is 0 Å². The van der Waals surface area contributed by atoms with Crippen molar-refractivity contribution in [2.75, 3.05) is 0 Å². The van der Waals surface area contributed by atoms with E-state index in [1.807, 2.05) is 18.2 Å². The number of aromatic nitrogens is 2. The van der Waals surface area contributed by atoms with Crippen molar-refractivity contribution >= 4 is 22.7 Å². The van der Waals surface area contributed by atoms with Crippen molar-refractivity contribution in [1.82, 2.24) is 14.9 Å². The molecular formula is C17H19N3O3. The van der Waals surface area contributed by atoms with Gasteiger partial charge in [0.1, 0.15) is 11.9 Å². The second-order valence-corrected chi connectivity index (χ2v) is 6.23. The van der Waals surface area contributed by atoms with Crippen LogP contribution in [0.5, 0.6) is 0 Å². The molecule has 1 N–H and O–H groups in total. The lowest BCUT2D eigenvalue weighted by atomic mass is 10.0. The van der Waals surface area contributed by atoms with Gasteiger partial charge in [-0.1, -0.05) is 19.9 Å². The van der Waals surface area contributed by atoms with Gasteiger partial charge in [0.05, 0.1) is 10.9 Å². The van der Waals surface area contributed by atoms with Crippen LogP contribution in [0.15, 0.2) is 23.0 Å². The fourth-order valence-electron chi connectivity index (χ4n) is 2.98. The van der Waals surface area contributed by atoms with Crippen LogP contribution in [0.25, 0.3) is 10.9 Å². The molecule has 0 saturated carbocycles. The molecule has 1 unspecified atom stereocenters. The Balaban J connectivity index is 2.19. The molecule has 0 spiro atoms. The average molecular weight is 313 g/mol. The summed E-state index contributed by atoms with van der Waals surface area (Å²) in [6, 6.07) is 4.97. The monoisotopic (exact) mass is 313 g/mol. The molecule has 1 fully saturated rings. The van der Waals surface area contributed by atoms with Crippen LogP contribution in [-0.2, 0) is 9.59 Å². The van der Waals surface area contributed by atoms with Crippen LogP contribution >= 0.6 is 0 Å². The summed E-state index contributed by atoms with van der Waals surface area (Å²) in [7, 11) is 0. The Morgan fingerprint density at radius 1 is 1.26 bits per heavy atom. The minimum Gasteiger partial charge on any atom is -0.295 e. The Labute approximate surface area is 133 Å². The number of piperidine rings is 1. The van der Waals surface area contributed by atoms with Gasteiger partial charge in [-0.25, -0.2) is 4.98 Å². The van der Waals surface area contributed by atoms with Crippen molar-refractivity contribution in [2.45, 2.75) is 45.6 Å². The van der Waals surface area contributed by atoms with Gasteiger partial charge in [0.25, 0.3) is 5.56 Å². The zero-order valence-corrected chi connectivity index (χ0v) is 13.4. The van der Waals surface area contributed by atoms with Gasteiger partial charge in [-0.2, -0.15) is 0 Å². The first-order valence-electron chi connectivity index (χ1n) is 7.75. The predicted molar refractivity (Wildman–Crippen MR) is 86.2 cm³/mol. The molecule has 1 aromatic carbocycles. The van der Waals surface area contributed by atoms with Gasteiger partial charge in [-0.15, -0.1) is 0 Å². The molecule has 1 atom stereocenters. The average Bonchev–Trinajstić information content (AvgIpc) is 2.49. The molecule has 23 heavy (non-hydrogen) atoms. The van der Waals surface area contributed by atoms with Gasteiger partial charge in [0.15, 0.2) is 0 Å². The van der Waals surface area contributed by atoms with Crippen LogP contribution in [-0.4, -0.2) is 21.4 Å². The summed E-state index contributed by atoms with van der Waals surface area (Å²) < 4.78 is 1.41. The van der Waals surface area contributed by atoms with Crippen LogP contribution in [0.4, 0.5) is 0 Å². The van der Waals surface area contributed by atoms with Crippen LogP contribution in [0, 0.1) is 6.92 Å². The predicted octanol–water partition coefficient (Wildman–Crippen LogP) is 1.81. The van der Waals surface area contributed by atoms with Gasteiger partial charge >= 0.3 is 0 Å². The number of carbonyl (C=O) groups is 2. The van der Waals surface area contributed by atoms with Gasteiger partial charge < -0.3 is 0 Å². The lowest BCUT2D eigenvalue weighted by Gasteiger charge is -2.24. The number of hydrogen-bond donors (Lipinski definition) is 1. The molecule has 0 bridgehead atoms. The zero-order valence-electron chi connectivity index (χ0n) is 13.4. The van der Waals surface area contributed by atoms with E-state index in [0.29, 0.717) is 29.1 Å². The van der Waals surface area contributed by atoms with Crippen molar-refractivity contribution in [2.24, 2.45) is 0 Å². The topological polar surface area (TPSA) is 81.1 Å².